The lowest BCUT2D eigenvalue weighted by atomic mass is 9.47. The molecule has 1 aliphatic carbocycles. The molecule has 0 unspecified atom stereocenters. The van der Waals surface area contributed by atoms with Crippen molar-refractivity contribution in [2.24, 2.45) is 11.3 Å². The average Bonchev–Trinajstić information content (AvgIpc) is 3.99. The van der Waals surface area contributed by atoms with E-state index in [0.717, 1.165) is 72.3 Å². The van der Waals surface area contributed by atoms with Gasteiger partial charge >= 0.3 is 17.9 Å². The molecule has 1 saturated heterocycles. The topological polar surface area (TPSA) is 154 Å². The Labute approximate surface area is 388 Å². The van der Waals surface area contributed by atoms with Crippen LogP contribution < -0.4 is 9.64 Å². The predicted octanol–water partition coefficient (Wildman–Crippen LogP) is 6.20. The van der Waals surface area contributed by atoms with Crippen LogP contribution in [0.2, 0.25) is 0 Å². The standard InChI is InChI=1S/C53H66N4O9/c1-7-50-23-16-25-57-27-24-51(45(50)57)39-29-40(43(63-4)30-42(39)55(3)46(51)53(62,49(61)65-6)47(50)66-34(2)59)52(48(60)64-5)31-36(19-12-9-15-28-58)33-56(32-35-17-10-8-11-18-35)26-22-38-37-20-13-14-21-41(37)54-44(38)52/h8,10-11,13-14,16-18,20-21,23,29-30,36,45-47,54,58,62H,7,9,12,15,19,22,24-28,31-33H2,1-6H3/t36-,45+,46-,47-,50-,51-,52-,53+/m1/s1. The van der Waals surface area contributed by atoms with Crippen LogP contribution >= 0.6 is 0 Å². The van der Waals surface area contributed by atoms with E-state index in [4.69, 9.17) is 18.9 Å². The Bertz CT molecular complexity index is 2510. The van der Waals surface area contributed by atoms with E-state index in [1.54, 1.807) is 7.11 Å². The Balaban J connectivity index is 1.32. The number of benzene rings is 3. The summed E-state index contributed by atoms with van der Waals surface area (Å²) in [6, 6.07) is 21.6. The zero-order valence-electron chi connectivity index (χ0n) is 39.3. The second-order valence-electron chi connectivity index (χ2n) is 19.5. The fraction of sp³-hybridized carbons (Fsp3) is 0.528. The number of rotatable bonds is 13. The highest BCUT2D eigenvalue weighted by Gasteiger charge is 2.80. The number of unbranched alkanes of at least 4 members (excludes halogenated alkanes) is 2. The summed E-state index contributed by atoms with van der Waals surface area (Å²) in [4.78, 5) is 54.0. The number of hydrogen-bond acceptors (Lipinski definition) is 12. The first kappa shape index (κ1) is 45.9. The average molecular weight is 903 g/mol. The Kier molecular flexibility index (Phi) is 12.4. The van der Waals surface area contributed by atoms with Gasteiger partial charge in [-0.3, -0.25) is 19.4 Å². The highest BCUT2D eigenvalue weighted by molar-refractivity contribution is 5.95. The van der Waals surface area contributed by atoms with Crippen molar-refractivity contribution in [2.75, 3.05) is 66.1 Å². The number of nitrogens with zero attached hydrogens (tertiary/aromatic N) is 3. The fourth-order valence-corrected chi connectivity index (χ4v) is 13.9. The van der Waals surface area contributed by atoms with Crippen LogP contribution in [-0.2, 0) is 52.4 Å². The van der Waals surface area contributed by atoms with Crippen molar-refractivity contribution in [3.05, 3.63) is 107 Å². The molecule has 352 valence electrons. The first-order chi connectivity index (χ1) is 31.9. The number of carbonyl (C=O) groups is 3. The van der Waals surface area contributed by atoms with Gasteiger partial charge < -0.3 is 39.0 Å². The van der Waals surface area contributed by atoms with Crippen molar-refractivity contribution < 1.29 is 43.5 Å². The molecule has 0 amide bonds. The van der Waals surface area contributed by atoms with Crippen LogP contribution in [0.1, 0.15) is 86.7 Å². The maximum absolute atomic E-state index is 15.7. The van der Waals surface area contributed by atoms with Gasteiger partial charge in [0.2, 0.25) is 5.60 Å². The van der Waals surface area contributed by atoms with Gasteiger partial charge in [0.1, 0.15) is 11.2 Å². The number of aliphatic hydroxyl groups is 2. The number of H-pyrrole nitrogens is 1. The Hall–Kier alpha value is -5.21. The number of nitrogens with one attached hydrogen (secondary N) is 1. The molecule has 9 rings (SSSR count). The van der Waals surface area contributed by atoms with E-state index in [1.165, 1.54) is 26.7 Å². The van der Waals surface area contributed by atoms with Gasteiger partial charge in [0.25, 0.3) is 0 Å². The lowest BCUT2D eigenvalue weighted by Crippen LogP contribution is -2.81. The number of anilines is 1. The van der Waals surface area contributed by atoms with Crippen LogP contribution in [0.25, 0.3) is 10.9 Å². The molecule has 1 spiro atoms. The van der Waals surface area contributed by atoms with E-state index in [0.29, 0.717) is 56.5 Å². The fourth-order valence-electron chi connectivity index (χ4n) is 13.9. The number of likely N-dealkylation sites (N-methyl/N-ethyl adjacent to an activating group) is 1. The van der Waals surface area contributed by atoms with Crippen molar-refractivity contribution >= 4 is 34.5 Å². The normalized spacial score (nSPS) is 30.3. The molecule has 4 aromatic rings. The third-order valence-electron chi connectivity index (χ3n) is 16.3. The first-order valence-electron chi connectivity index (χ1n) is 23.8. The minimum Gasteiger partial charge on any atom is -0.496 e. The number of carbonyl (C=O) groups excluding carboxylic acids is 3. The minimum absolute atomic E-state index is 0.00260. The number of aliphatic hydroxyl groups excluding tert-OH is 1. The molecule has 5 aliphatic rings. The lowest BCUT2D eigenvalue weighted by molar-refractivity contribution is -0.228. The van der Waals surface area contributed by atoms with Gasteiger partial charge in [-0.1, -0.05) is 80.4 Å². The highest BCUT2D eigenvalue weighted by atomic mass is 16.6. The summed E-state index contributed by atoms with van der Waals surface area (Å²) in [6.45, 7) is 7.00. The zero-order valence-corrected chi connectivity index (χ0v) is 39.3. The number of aromatic nitrogens is 1. The van der Waals surface area contributed by atoms with Crippen LogP contribution in [0, 0.1) is 11.3 Å². The predicted molar refractivity (Wildman–Crippen MR) is 251 cm³/mol. The third kappa shape index (κ3) is 6.81. The van der Waals surface area contributed by atoms with Crippen LogP contribution in [0.3, 0.4) is 0 Å². The summed E-state index contributed by atoms with van der Waals surface area (Å²) >= 11 is 0. The van der Waals surface area contributed by atoms with E-state index in [9.17, 15) is 19.8 Å². The van der Waals surface area contributed by atoms with E-state index in [2.05, 4.69) is 69.4 Å². The van der Waals surface area contributed by atoms with Gasteiger partial charge in [0.05, 0.1) is 27.4 Å². The van der Waals surface area contributed by atoms with Crippen molar-refractivity contribution in [3.63, 3.8) is 0 Å². The van der Waals surface area contributed by atoms with Gasteiger partial charge in [-0.25, -0.2) is 4.79 Å². The second kappa shape index (κ2) is 17.8. The highest BCUT2D eigenvalue weighted by Crippen LogP contribution is 2.68. The van der Waals surface area contributed by atoms with Crippen molar-refractivity contribution in [1.29, 1.82) is 0 Å². The van der Waals surface area contributed by atoms with Gasteiger partial charge in [-0.05, 0) is 79.8 Å². The maximum atomic E-state index is 15.7. The molecule has 4 aliphatic heterocycles. The molecular weight excluding hydrogens is 837 g/mol. The number of aromatic amines is 1. The van der Waals surface area contributed by atoms with Crippen molar-refractivity contribution in [2.45, 2.75) is 106 Å². The molecule has 13 heteroatoms. The summed E-state index contributed by atoms with van der Waals surface area (Å²) in [5.74, 6) is -1.41. The van der Waals surface area contributed by atoms with E-state index < -0.39 is 51.9 Å². The SMILES string of the molecule is CC[C@]12C=CCN3CC[C@@]4(c5cc([C@]6(C(=O)OC)C[C@@H](CCCCCO)CN(Cc7ccccc7)CCc7c6[nH]c6ccccc76)c(OC)cc5N(C)[C@H]4[C@@](O)(C(=O)OC)[C@@H]1OC(C)=O)[C@@H]32. The summed E-state index contributed by atoms with van der Waals surface area (Å²) in [5.41, 5.74) is 0.616. The Morgan fingerprint density at radius 1 is 0.909 bits per heavy atom. The molecule has 1 aromatic heterocycles. The molecule has 3 N–H and O–H groups in total. The molecule has 3 aromatic carbocycles. The van der Waals surface area contributed by atoms with Crippen molar-refractivity contribution in [3.8, 4) is 5.75 Å². The molecule has 13 nitrogen and oxygen atoms in total. The number of methoxy groups -OCH3 is 3. The smallest absolute Gasteiger partial charge is 0.344 e. The maximum Gasteiger partial charge on any atom is 0.344 e. The number of esters is 3. The van der Waals surface area contributed by atoms with E-state index in [-0.39, 0.29) is 18.6 Å². The Morgan fingerprint density at radius 3 is 2.38 bits per heavy atom. The molecule has 1 saturated carbocycles. The summed E-state index contributed by atoms with van der Waals surface area (Å²) < 4.78 is 24.3. The van der Waals surface area contributed by atoms with Gasteiger partial charge in [-0.2, -0.15) is 0 Å². The van der Waals surface area contributed by atoms with Gasteiger partial charge in [-0.15, -0.1) is 0 Å². The largest absolute Gasteiger partial charge is 0.496 e. The monoisotopic (exact) mass is 902 g/mol. The molecule has 8 atom stereocenters. The summed E-state index contributed by atoms with van der Waals surface area (Å²) in [6.07, 6.45) is 8.19. The van der Waals surface area contributed by atoms with E-state index >= 15 is 4.79 Å². The summed E-state index contributed by atoms with van der Waals surface area (Å²) in [7, 11) is 6.23. The van der Waals surface area contributed by atoms with Gasteiger partial charge in [0, 0.05) is 97.5 Å². The Morgan fingerprint density at radius 2 is 1.67 bits per heavy atom. The number of hydrogen-bond donors (Lipinski definition) is 3. The quantitative estimate of drug-likeness (QED) is 0.0607. The number of fused-ring (bicyclic) bond motifs is 4. The molecule has 66 heavy (non-hydrogen) atoms. The molecule has 2 fully saturated rings. The van der Waals surface area contributed by atoms with E-state index in [1.807, 2.05) is 43.1 Å². The van der Waals surface area contributed by atoms with Crippen molar-refractivity contribution in [1.82, 2.24) is 14.8 Å². The number of para-hydroxylation sites is 1. The summed E-state index contributed by atoms with van der Waals surface area (Å²) in [5, 5.41) is 24.3. The first-order valence-corrected chi connectivity index (χ1v) is 23.8. The van der Waals surface area contributed by atoms with Crippen LogP contribution in [0.5, 0.6) is 5.75 Å². The minimum atomic E-state index is -2.31. The van der Waals surface area contributed by atoms with Gasteiger partial charge in [0.15, 0.2) is 6.10 Å². The number of ether oxygens (including phenoxy) is 4. The molecule has 0 radical (unpaired) electrons. The third-order valence-corrected chi connectivity index (χ3v) is 16.3. The van der Waals surface area contributed by atoms with Crippen LogP contribution in [0.15, 0.2) is 78.9 Å². The van der Waals surface area contributed by atoms with Crippen LogP contribution in [-0.4, -0.2) is 128 Å². The lowest BCUT2D eigenvalue weighted by Gasteiger charge is -2.63. The molecular formula is C53H66N4O9. The zero-order chi connectivity index (χ0) is 46.6. The second-order valence-corrected chi connectivity index (χ2v) is 19.5. The molecule has 0 bridgehead atoms. The molecule has 5 heterocycles. The van der Waals surface area contributed by atoms with Crippen LogP contribution in [0.4, 0.5) is 5.69 Å².